The van der Waals surface area contributed by atoms with E-state index in [9.17, 15) is 4.79 Å². The number of nitrogens with one attached hydrogen (secondary N) is 1. The van der Waals surface area contributed by atoms with Crippen molar-refractivity contribution in [2.24, 2.45) is 5.84 Å². The standard InChI is InChI=1S/C10H11N3O2/c1-2-15-10(14)9-5-8(13-12)4-3-7(9)6-11/h3-5,13H,2,12H2,1H3. The van der Waals surface area contributed by atoms with Crippen LogP contribution in [-0.4, -0.2) is 12.6 Å². The predicted octanol–water partition coefficient (Wildman–Crippen LogP) is 1.02. The first-order chi connectivity index (χ1) is 7.22. The van der Waals surface area contributed by atoms with E-state index >= 15 is 0 Å². The van der Waals surface area contributed by atoms with Gasteiger partial charge in [0.15, 0.2) is 0 Å². The van der Waals surface area contributed by atoms with Crippen LogP contribution in [0.2, 0.25) is 0 Å². The maximum absolute atomic E-state index is 11.5. The van der Waals surface area contributed by atoms with Gasteiger partial charge in [0, 0.05) is 5.69 Å². The Bertz CT molecular complexity index is 410. The summed E-state index contributed by atoms with van der Waals surface area (Å²) in [6.07, 6.45) is 0. The number of rotatable bonds is 3. The molecule has 3 N–H and O–H groups in total. The van der Waals surface area contributed by atoms with Gasteiger partial charge in [-0.05, 0) is 25.1 Å². The Labute approximate surface area is 87.4 Å². The van der Waals surface area contributed by atoms with Gasteiger partial charge in [0.05, 0.1) is 17.7 Å². The highest BCUT2D eigenvalue weighted by Crippen LogP contribution is 2.15. The van der Waals surface area contributed by atoms with E-state index in [-0.39, 0.29) is 17.7 Å². The fraction of sp³-hybridized carbons (Fsp3) is 0.200. The molecule has 0 heterocycles. The highest BCUT2D eigenvalue weighted by atomic mass is 16.5. The van der Waals surface area contributed by atoms with Crippen molar-refractivity contribution in [2.45, 2.75) is 6.92 Å². The first-order valence-corrected chi connectivity index (χ1v) is 4.40. The van der Waals surface area contributed by atoms with Gasteiger partial charge in [-0.25, -0.2) is 4.79 Å². The fourth-order valence-electron chi connectivity index (χ4n) is 1.11. The van der Waals surface area contributed by atoms with E-state index in [0.29, 0.717) is 5.69 Å². The number of ether oxygens (including phenoxy) is 1. The van der Waals surface area contributed by atoms with Crippen LogP contribution in [-0.2, 0) is 4.74 Å². The number of hydrazine groups is 1. The average molecular weight is 205 g/mol. The molecule has 0 amide bonds. The van der Waals surface area contributed by atoms with Crippen molar-refractivity contribution in [2.75, 3.05) is 12.0 Å². The molecule has 0 aliphatic carbocycles. The quantitative estimate of drug-likeness (QED) is 0.437. The number of nitrogen functional groups attached to an aromatic ring is 1. The van der Waals surface area contributed by atoms with Gasteiger partial charge in [-0.15, -0.1) is 0 Å². The van der Waals surface area contributed by atoms with Gasteiger partial charge in [-0.2, -0.15) is 5.26 Å². The Morgan fingerprint density at radius 2 is 2.40 bits per heavy atom. The summed E-state index contributed by atoms with van der Waals surface area (Å²) in [5, 5.41) is 8.79. The molecule has 5 heteroatoms. The van der Waals surface area contributed by atoms with Crippen molar-refractivity contribution in [3.05, 3.63) is 29.3 Å². The lowest BCUT2D eigenvalue weighted by Gasteiger charge is -2.06. The van der Waals surface area contributed by atoms with Crippen molar-refractivity contribution in [1.29, 1.82) is 5.26 Å². The summed E-state index contributed by atoms with van der Waals surface area (Å²) in [6, 6.07) is 6.53. The van der Waals surface area contributed by atoms with Gasteiger partial charge in [0.1, 0.15) is 6.07 Å². The molecule has 1 rings (SSSR count). The second-order valence-electron chi connectivity index (χ2n) is 2.74. The van der Waals surface area contributed by atoms with Crippen LogP contribution < -0.4 is 11.3 Å². The molecule has 0 spiro atoms. The summed E-state index contributed by atoms with van der Waals surface area (Å²) in [7, 11) is 0. The lowest BCUT2D eigenvalue weighted by Crippen LogP contribution is -2.11. The van der Waals surface area contributed by atoms with Gasteiger partial charge in [0.2, 0.25) is 0 Å². The predicted molar refractivity (Wildman–Crippen MR) is 54.9 cm³/mol. The van der Waals surface area contributed by atoms with Crippen LogP contribution in [0.15, 0.2) is 18.2 Å². The molecule has 0 saturated heterocycles. The molecule has 1 aromatic carbocycles. The van der Waals surface area contributed by atoms with Crippen LogP contribution in [0.1, 0.15) is 22.8 Å². The number of nitrogens with zero attached hydrogens (tertiary/aromatic N) is 1. The van der Waals surface area contributed by atoms with Gasteiger partial charge in [-0.1, -0.05) is 0 Å². The zero-order chi connectivity index (χ0) is 11.3. The molecule has 0 bridgehead atoms. The summed E-state index contributed by atoms with van der Waals surface area (Å²) in [6.45, 7) is 1.97. The van der Waals surface area contributed by atoms with E-state index in [1.165, 1.54) is 12.1 Å². The van der Waals surface area contributed by atoms with Crippen molar-refractivity contribution >= 4 is 11.7 Å². The molecule has 0 aromatic heterocycles. The number of carbonyl (C=O) groups excluding carboxylic acids is 1. The lowest BCUT2D eigenvalue weighted by atomic mass is 10.1. The topological polar surface area (TPSA) is 88.1 Å². The molecule has 1 aromatic rings. The van der Waals surface area contributed by atoms with Gasteiger partial charge in [0.25, 0.3) is 0 Å². The fourth-order valence-corrected chi connectivity index (χ4v) is 1.11. The highest BCUT2D eigenvalue weighted by molar-refractivity contribution is 5.93. The number of hydrogen-bond acceptors (Lipinski definition) is 5. The van der Waals surface area contributed by atoms with Crippen LogP contribution in [0, 0.1) is 11.3 Å². The van der Waals surface area contributed by atoms with Crippen LogP contribution in [0.5, 0.6) is 0 Å². The molecule has 0 fully saturated rings. The number of nitrogens with two attached hydrogens (primary N) is 1. The molecule has 0 aliphatic rings. The van der Waals surface area contributed by atoms with E-state index in [1.54, 1.807) is 13.0 Å². The Balaban J connectivity index is 3.13. The Morgan fingerprint density at radius 1 is 1.67 bits per heavy atom. The number of esters is 1. The van der Waals surface area contributed by atoms with Crippen LogP contribution >= 0.6 is 0 Å². The van der Waals surface area contributed by atoms with E-state index in [2.05, 4.69) is 5.43 Å². The first kappa shape index (κ1) is 11.0. The molecule has 0 radical (unpaired) electrons. The number of nitriles is 1. The largest absolute Gasteiger partial charge is 0.462 e. The van der Waals surface area contributed by atoms with Crippen molar-refractivity contribution in [3.63, 3.8) is 0 Å². The number of benzene rings is 1. The minimum absolute atomic E-state index is 0.217. The van der Waals surface area contributed by atoms with E-state index in [0.717, 1.165) is 0 Å². The van der Waals surface area contributed by atoms with E-state index in [1.807, 2.05) is 6.07 Å². The summed E-state index contributed by atoms with van der Waals surface area (Å²) < 4.78 is 4.81. The number of anilines is 1. The number of carbonyl (C=O) groups is 1. The molecular weight excluding hydrogens is 194 g/mol. The third-order valence-electron chi connectivity index (χ3n) is 1.80. The summed E-state index contributed by atoms with van der Waals surface area (Å²) in [5.74, 6) is 4.68. The van der Waals surface area contributed by atoms with Gasteiger partial charge < -0.3 is 10.2 Å². The molecule has 0 saturated carbocycles. The lowest BCUT2D eigenvalue weighted by molar-refractivity contribution is 0.0526. The van der Waals surface area contributed by atoms with Gasteiger partial charge >= 0.3 is 5.97 Å². The van der Waals surface area contributed by atoms with Crippen LogP contribution in [0.4, 0.5) is 5.69 Å². The molecule has 0 atom stereocenters. The molecule has 78 valence electrons. The minimum atomic E-state index is -0.522. The maximum Gasteiger partial charge on any atom is 0.339 e. The Hall–Kier alpha value is -2.06. The summed E-state index contributed by atoms with van der Waals surface area (Å²) >= 11 is 0. The zero-order valence-electron chi connectivity index (χ0n) is 8.28. The Morgan fingerprint density at radius 3 is 2.93 bits per heavy atom. The third kappa shape index (κ3) is 2.45. The first-order valence-electron chi connectivity index (χ1n) is 4.40. The molecule has 0 unspecified atom stereocenters. The monoisotopic (exact) mass is 205 g/mol. The average Bonchev–Trinajstić information content (AvgIpc) is 2.28. The van der Waals surface area contributed by atoms with Crippen molar-refractivity contribution in [3.8, 4) is 6.07 Å². The molecular formula is C10H11N3O2. The molecule has 0 aliphatic heterocycles. The second kappa shape index (κ2) is 4.98. The normalized spacial score (nSPS) is 9.13. The van der Waals surface area contributed by atoms with Crippen molar-refractivity contribution in [1.82, 2.24) is 0 Å². The molecule has 15 heavy (non-hydrogen) atoms. The van der Waals surface area contributed by atoms with Crippen LogP contribution in [0.25, 0.3) is 0 Å². The van der Waals surface area contributed by atoms with Crippen molar-refractivity contribution < 1.29 is 9.53 Å². The minimum Gasteiger partial charge on any atom is -0.462 e. The van der Waals surface area contributed by atoms with Gasteiger partial charge in [-0.3, -0.25) is 5.84 Å². The van der Waals surface area contributed by atoms with Crippen LogP contribution in [0.3, 0.4) is 0 Å². The Kier molecular flexibility index (Phi) is 3.66. The summed E-state index contributed by atoms with van der Waals surface area (Å²) in [4.78, 5) is 11.5. The smallest absolute Gasteiger partial charge is 0.339 e. The summed E-state index contributed by atoms with van der Waals surface area (Å²) in [5.41, 5.74) is 3.44. The van der Waals surface area contributed by atoms with E-state index < -0.39 is 5.97 Å². The SMILES string of the molecule is CCOC(=O)c1cc(NN)ccc1C#N. The highest BCUT2D eigenvalue weighted by Gasteiger charge is 2.12. The maximum atomic E-state index is 11.5. The third-order valence-corrected chi connectivity index (χ3v) is 1.80. The van der Waals surface area contributed by atoms with E-state index in [4.69, 9.17) is 15.8 Å². The number of hydrogen-bond donors (Lipinski definition) is 2. The zero-order valence-corrected chi connectivity index (χ0v) is 8.28. The second-order valence-corrected chi connectivity index (χ2v) is 2.74. The molecule has 5 nitrogen and oxygen atoms in total.